The van der Waals surface area contributed by atoms with Crippen LogP contribution < -0.4 is 59.7 Å². The third-order valence-electron chi connectivity index (χ3n) is 25.0. The quantitative estimate of drug-likeness (QED) is 0.0274. The molecule has 0 spiro atoms. The Morgan fingerprint density at radius 1 is 0.291 bits per heavy atom. The van der Waals surface area contributed by atoms with Crippen LogP contribution in [0.3, 0.4) is 0 Å². The molecule has 0 bridgehead atoms. The number of unbranched alkanes of at least 4 members (excludes halogenated alkanes) is 2. The second-order valence-corrected chi connectivity index (χ2v) is 56.0. The van der Waals surface area contributed by atoms with Gasteiger partial charge in [-0.1, -0.05) is 309 Å². The molecule has 25 nitrogen and oxygen atoms in total. The summed E-state index contributed by atoms with van der Waals surface area (Å²) in [5, 5.41) is 25.0. The van der Waals surface area contributed by atoms with Crippen LogP contribution in [0.15, 0.2) is 60.7 Å². The standard InChI is InChI=1S/2C24H40N2O2.C21H40N2O3.C20H39N3O3.2C17H33NO2/c2*1-23(2,3)22(28)19(14-10-11-15-25)17-21(27)20(26-24(4,5)6)16-18-12-8-7-9-13-18;1-14(2)16(13-20(4,5)6)19(26)23-17(18(25)21(7,8)9)11-10-12-22-15(3)24;1-13(2)14(12-19(3,4)5)17(25)23-15(16(24)20(6,7)8)10-9-11-22-18(21)26;2*1-11(2)14(18-17(7,8)9)13(19)10-12(3)15(20)16(4,5)6/h2*7-9,12-13,19-20,26H,10-11,14-17,25H2,1-6H3;14,16-17H,10-13H2,1-9H3,(H,22,24)(H,23,26);13-15H,9-12H2,1-8H3,(H,23,25)(H3,21,22,26);2*11-12,14,18H,10H2,1-9H3. The molecule has 0 heterocycles. The summed E-state index contributed by atoms with van der Waals surface area (Å²) in [7, 11) is 0. The van der Waals surface area contributed by atoms with Crippen molar-refractivity contribution in [2.75, 3.05) is 26.2 Å². The zero-order valence-electron chi connectivity index (χ0n) is 103. The van der Waals surface area contributed by atoms with Crippen molar-refractivity contribution in [3.8, 4) is 0 Å². The lowest BCUT2D eigenvalue weighted by Gasteiger charge is -2.31. The average Bonchev–Trinajstić information content (AvgIpc) is 0.839. The number of amides is 5. The van der Waals surface area contributed by atoms with Crippen molar-refractivity contribution in [3.05, 3.63) is 71.8 Å². The van der Waals surface area contributed by atoms with Gasteiger partial charge in [-0.2, -0.15) is 0 Å². The molecule has 5 amide bonds. The molecule has 0 aliphatic carbocycles. The first kappa shape index (κ1) is 147. The van der Waals surface area contributed by atoms with E-state index in [0.29, 0.717) is 90.4 Å². The lowest BCUT2D eigenvalue weighted by Crippen LogP contribution is -2.51. The van der Waals surface area contributed by atoms with E-state index in [0.717, 1.165) is 62.5 Å². The Bertz CT molecular complexity index is 4000. The molecule has 12 atom stereocenters. The average molecular weight is 2080 g/mol. The highest BCUT2D eigenvalue weighted by atomic mass is 16.2. The fourth-order valence-corrected chi connectivity index (χ4v) is 17.5. The number of primary amides is 1. The normalized spacial score (nSPS) is 15.0. The van der Waals surface area contributed by atoms with E-state index in [4.69, 9.17) is 17.2 Å². The van der Waals surface area contributed by atoms with Crippen LogP contribution in [0, 0.1) is 102 Å². The lowest BCUT2D eigenvalue weighted by atomic mass is 9.78. The number of Topliss-reactive ketones (excluding diaryl/α,β-unsaturated/α-hetero) is 10. The molecule has 0 fully saturated rings. The van der Waals surface area contributed by atoms with Crippen molar-refractivity contribution in [2.24, 2.45) is 120 Å². The van der Waals surface area contributed by atoms with E-state index in [9.17, 15) is 67.1 Å². The molecule has 0 radical (unpaired) electrons. The van der Waals surface area contributed by atoms with Gasteiger partial charge >= 0.3 is 6.03 Å². The minimum absolute atomic E-state index is 0.00295. The van der Waals surface area contributed by atoms with Crippen LogP contribution in [0.25, 0.3) is 0 Å². The Balaban J connectivity index is -0.000000845. The van der Waals surface area contributed by atoms with Gasteiger partial charge in [0.1, 0.15) is 23.1 Å². The molecule has 856 valence electrons. The monoisotopic (exact) mass is 2080 g/mol. The first-order valence-electron chi connectivity index (χ1n) is 55.5. The van der Waals surface area contributed by atoms with Crippen LogP contribution in [0.5, 0.6) is 0 Å². The predicted octanol–water partition coefficient (Wildman–Crippen LogP) is 22.8. The largest absolute Gasteiger partial charge is 0.356 e. The van der Waals surface area contributed by atoms with Gasteiger partial charge in [-0.15, -0.1) is 0 Å². The van der Waals surface area contributed by atoms with Gasteiger partial charge in [0.2, 0.25) is 17.7 Å². The summed E-state index contributed by atoms with van der Waals surface area (Å²) >= 11 is 0. The van der Waals surface area contributed by atoms with Crippen LogP contribution >= 0.6 is 0 Å². The summed E-state index contributed by atoms with van der Waals surface area (Å²) < 4.78 is 0. The number of nitrogens with one attached hydrogen (secondary N) is 8. The van der Waals surface area contributed by atoms with Crippen LogP contribution in [-0.2, 0) is 75.2 Å². The number of rotatable bonds is 52. The minimum atomic E-state index is -0.585. The van der Waals surface area contributed by atoms with Crippen molar-refractivity contribution >= 4 is 81.6 Å². The van der Waals surface area contributed by atoms with Gasteiger partial charge in [0.15, 0.2) is 34.7 Å². The minimum Gasteiger partial charge on any atom is -0.356 e. The summed E-state index contributed by atoms with van der Waals surface area (Å²) in [6.45, 7) is 95.3. The smallest absolute Gasteiger partial charge is 0.312 e. The number of benzene rings is 2. The Kier molecular flexibility index (Phi) is 66.1. The van der Waals surface area contributed by atoms with E-state index >= 15 is 0 Å². The summed E-state index contributed by atoms with van der Waals surface area (Å²) in [5.74, 6) is 0.678. The Morgan fingerprint density at radius 2 is 0.554 bits per heavy atom. The number of urea groups is 1. The van der Waals surface area contributed by atoms with Crippen molar-refractivity contribution < 1.29 is 67.1 Å². The summed E-state index contributed by atoms with van der Waals surface area (Å²) in [6.07, 6.45) is 11.3. The Labute approximate surface area is 903 Å². The van der Waals surface area contributed by atoms with E-state index in [1.54, 1.807) is 0 Å². The molecular formula is C123H225N11O14. The SMILES string of the molecule is CC(=O)NCCCC(NC(=O)C(CC(C)(C)C)C(C)C)C(=O)C(C)(C)C.CC(C)(C)NC(Cc1ccccc1)C(=O)CC(CCCCN)C(=O)C(C)(C)C.CC(C)(C)NC(Cc1ccccc1)C(=O)CC(CCCCN)C(=O)C(C)(C)C.CC(C)C(CC(C)(C)C)C(=O)NC(CCCNC(N)=O)C(=O)C(C)(C)C.CC(CC(=O)C(NC(C)(C)C)C(C)C)C(=O)C(C)(C)C.CC(CC(=O)C(NC(C)(C)C)C(C)C)C(=O)C(C)(C)C. The summed E-state index contributed by atoms with van der Waals surface area (Å²) in [6, 6.07) is 17.5. The second kappa shape index (κ2) is 66.6. The van der Waals surface area contributed by atoms with Gasteiger partial charge in [-0.3, -0.25) is 62.3 Å². The third-order valence-corrected chi connectivity index (χ3v) is 25.0. The van der Waals surface area contributed by atoms with Crippen LogP contribution in [0.4, 0.5) is 4.79 Å². The summed E-state index contributed by atoms with van der Waals surface area (Å²) in [4.78, 5) is 175. The molecule has 12 unspecified atom stereocenters. The zero-order valence-corrected chi connectivity index (χ0v) is 103. The molecule has 148 heavy (non-hydrogen) atoms. The van der Waals surface area contributed by atoms with Gasteiger partial charge in [-0.25, -0.2) is 4.79 Å². The third kappa shape index (κ3) is 69.3. The van der Waals surface area contributed by atoms with E-state index < -0.39 is 39.8 Å². The lowest BCUT2D eigenvalue weighted by molar-refractivity contribution is -0.135. The molecule has 2 aromatic carbocycles. The first-order chi connectivity index (χ1) is 66.7. The number of nitrogens with two attached hydrogens (primary N) is 3. The van der Waals surface area contributed by atoms with Crippen molar-refractivity contribution in [3.63, 3.8) is 0 Å². The van der Waals surface area contributed by atoms with Crippen LogP contribution in [0.1, 0.15) is 439 Å². The molecule has 25 heteroatoms. The van der Waals surface area contributed by atoms with Gasteiger partial charge in [-0.05, 0) is 219 Å². The number of carbonyl (C=O) groups is 14. The van der Waals surface area contributed by atoms with Gasteiger partial charge in [0.25, 0.3) is 0 Å². The van der Waals surface area contributed by atoms with E-state index in [2.05, 4.69) is 167 Å². The van der Waals surface area contributed by atoms with E-state index in [1.807, 2.05) is 255 Å². The molecule has 0 saturated carbocycles. The Hall–Kier alpha value is -7.42. The topological polar surface area (TPSA) is 413 Å². The molecular weight excluding hydrogens is 1860 g/mol. The molecule has 0 aromatic heterocycles. The highest BCUT2D eigenvalue weighted by Gasteiger charge is 2.42. The second-order valence-electron chi connectivity index (χ2n) is 56.0. The predicted molar refractivity (Wildman–Crippen MR) is 616 cm³/mol. The molecule has 2 rings (SSSR count). The number of ketones is 10. The van der Waals surface area contributed by atoms with Crippen LogP contribution in [-0.4, -0.2) is 166 Å². The molecule has 0 aliphatic heterocycles. The zero-order chi connectivity index (χ0) is 117. The van der Waals surface area contributed by atoms with Gasteiger partial charge < -0.3 is 59.7 Å². The highest BCUT2D eigenvalue weighted by Crippen LogP contribution is 2.35. The van der Waals surface area contributed by atoms with Crippen LogP contribution in [0.2, 0.25) is 0 Å². The molecule has 14 N–H and O–H groups in total. The fourth-order valence-electron chi connectivity index (χ4n) is 17.5. The number of hydrogen-bond donors (Lipinski definition) is 11. The van der Waals surface area contributed by atoms with Crippen molar-refractivity contribution in [2.45, 2.75) is 499 Å². The maximum absolute atomic E-state index is 13.3. The molecule has 0 aliphatic rings. The summed E-state index contributed by atoms with van der Waals surface area (Å²) in [5.41, 5.74) is 15.3. The van der Waals surface area contributed by atoms with Gasteiger partial charge in [0, 0.05) is 136 Å². The fraction of sp³-hybridized carbons (Fsp3) is 0.789. The molecule has 2 aromatic rings. The van der Waals surface area contributed by atoms with Gasteiger partial charge in [0.05, 0.1) is 36.3 Å². The number of carbonyl (C=O) groups excluding carboxylic acids is 14. The van der Waals surface area contributed by atoms with Crippen molar-refractivity contribution in [1.82, 2.24) is 42.5 Å². The highest BCUT2D eigenvalue weighted by molar-refractivity contribution is 5.97. The maximum Gasteiger partial charge on any atom is 0.312 e. The van der Waals surface area contributed by atoms with Crippen molar-refractivity contribution in [1.29, 1.82) is 0 Å². The van der Waals surface area contributed by atoms with E-state index in [-0.39, 0.29) is 203 Å². The Morgan fingerprint density at radius 3 is 0.770 bits per heavy atom. The maximum atomic E-state index is 13.3. The molecule has 0 saturated heterocycles. The number of hydrogen-bond acceptors (Lipinski definition) is 20. The van der Waals surface area contributed by atoms with E-state index in [1.165, 1.54) is 6.92 Å². The first-order valence-corrected chi connectivity index (χ1v) is 55.5.